The van der Waals surface area contributed by atoms with E-state index in [1.54, 1.807) is 0 Å². The molecule has 1 aromatic heterocycles. The van der Waals surface area contributed by atoms with Crippen molar-refractivity contribution in [1.82, 2.24) is 5.32 Å². The largest absolute Gasteiger partial charge is 0.478 e. The molecule has 1 aliphatic rings. The van der Waals surface area contributed by atoms with Gasteiger partial charge in [0.15, 0.2) is 5.76 Å². The molecule has 0 saturated heterocycles. The number of furan rings is 1. The molecule has 0 radical (unpaired) electrons. The lowest BCUT2D eigenvalue weighted by Gasteiger charge is -2.10. The van der Waals surface area contributed by atoms with E-state index in [0.29, 0.717) is 0 Å². The van der Waals surface area contributed by atoms with Crippen molar-refractivity contribution in [3.05, 3.63) is 59.0 Å². The predicted octanol–water partition coefficient (Wildman–Crippen LogP) is 1.88. The summed E-state index contributed by atoms with van der Waals surface area (Å²) in [5.41, 5.74) is 2.46. The van der Waals surface area contributed by atoms with Gasteiger partial charge in [0.2, 0.25) is 0 Å². The smallest absolute Gasteiger partial charge is 0.338 e. The summed E-state index contributed by atoms with van der Waals surface area (Å²) in [5, 5.41) is 11.7. The highest BCUT2D eigenvalue weighted by atomic mass is 16.4. The molecule has 20 heavy (non-hydrogen) atoms. The third-order valence-electron chi connectivity index (χ3n) is 3.46. The summed E-state index contributed by atoms with van der Waals surface area (Å²) in [6.07, 6.45) is 2.64. The minimum atomic E-state index is -1.11. The molecule has 0 spiro atoms. The SMILES string of the molecule is O=C(O)c1coc(C(=O)NC2Cc3ccccc3C2)c1. The second kappa shape index (κ2) is 4.85. The Morgan fingerprint density at radius 3 is 2.40 bits per heavy atom. The number of carboxylic acid groups (broad SMARTS) is 1. The maximum Gasteiger partial charge on any atom is 0.338 e. The van der Waals surface area contributed by atoms with E-state index in [-0.39, 0.29) is 23.3 Å². The molecule has 2 aromatic rings. The summed E-state index contributed by atoms with van der Waals surface area (Å²) in [5.74, 6) is -1.46. The fourth-order valence-electron chi connectivity index (χ4n) is 2.48. The Bertz CT molecular complexity index is 649. The molecular weight excluding hydrogens is 258 g/mol. The van der Waals surface area contributed by atoms with Crippen LogP contribution in [0, 0.1) is 0 Å². The molecule has 0 fully saturated rings. The number of fused-ring (bicyclic) bond motifs is 1. The molecule has 1 aliphatic carbocycles. The van der Waals surface area contributed by atoms with Crippen molar-refractivity contribution in [2.24, 2.45) is 0 Å². The molecule has 5 nitrogen and oxygen atoms in total. The molecule has 1 amide bonds. The van der Waals surface area contributed by atoms with Crippen LogP contribution in [0.5, 0.6) is 0 Å². The molecule has 2 N–H and O–H groups in total. The number of carbonyl (C=O) groups is 2. The topological polar surface area (TPSA) is 79.5 Å². The minimum Gasteiger partial charge on any atom is -0.478 e. The number of carbonyl (C=O) groups excluding carboxylic acids is 1. The van der Waals surface area contributed by atoms with Gasteiger partial charge in [-0.1, -0.05) is 24.3 Å². The van der Waals surface area contributed by atoms with Crippen molar-refractivity contribution in [3.8, 4) is 0 Å². The highest BCUT2D eigenvalue weighted by molar-refractivity contribution is 5.95. The number of benzene rings is 1. The van der Waals surface area contributed by atoms with Gasteiger partial charge < -0.3 is 14.8 Å². The van der Waals surface area contributed by atoms with E-state index in [4.69, 9.17) is 9.52 Å². The van der Waals surface area contributed by atoms with Crippen molar-refractivity contribution in [1.29, 1.82) is 0 Å². The molecule has 0 unspecified atom stereocenters. The first-order valence-corrected chi connectivity index (χ1v) is 6.33. The number of aromatic carboxylic acids is 1. The average molecular weight is 271 g/mol. The number of hydrogen-bond acceptors (Lipinski definition) is 3. The molecule has 5 heteroatoms. The van der Waals surface area contributed by atoms with Crippen LogP contribution < -0.4 is 5.32 Å². The highest BCUT2D eigenvalue weighted by Gasteiger charge is 2.24. The normalized spacial score (nSPS) is 14.0. The van der Waals surface area contributed by atoms with Crippen LogP contribution in [0.3, 0.4) is 0 Å². The van der Waals surface area contributed by atoms with E-state index < -0.39 is 5.97 Å². The van der Waals surface area contributed by atoms with Crippen LogP contribution in [0.25, 0.3) is 0 Å². The van der Waals surface area contributed by atoms with Crippen LogP contribution in [0.1, 0.15) is 32.0 Å². The van der Waals surface area contributed by atoms with Crippen LogP contribution in [-0.4, -0.2) is 23.0 Å². The first-order valence-electron chi connectivity index (χ1n) is 6.33. The minimum absolute atomic E-state index is 0.0233. The Morgan fingerprint density at radius 1 is 1.20 bits per heavy atom. The van der Waals surface area contributed by atoms with Crippen LogP contribution in [0.4, 0.5) is 0 Å². The van der Waals surface area contributed by atoms with E-state index >= 15 is 0 Å². The summed E-state index contributed by atoms with van der Waals surface area (Å²) in [6, 6.07) is 9.33. The summed E-state index contributed by atoms with van der Waals surface area (Å²) in [7, 11) is 0. The summed E-state index contributed by atoms with van der Waals surface area (Å²) >= 11 is 0. The van der Waals surface area contributed by atoms with Crippen LogP contribution in [0.15, 0.2) is 41.0 Å². The maximum absolute atomic E-state index is 12.0. The Kier molecular flexibility index (Phi) is 3.02. The van der Waals surface area contributed by atoms with Crippen LogP contribution >= 0.6 is 0 Å². The standard InChI is InChI=1S/C15H13NO4/c17-14(13-7-11(8-20-13)15(18)19)16-12-5-9-3-1-2-4-10(9)6-12/h1-4,7-8,12H,5-6H2,(H,16,17)(H,18,19). The first kappa shape index (κ1) is 12.5. The van der Waals surface area contributed by atoms with Crippen molar-refractivity contribution in [2.45, 2.75) is 18.9 Å². The zero-order chi connectivity index (χ0) is 14.1. The van der Waals surface area contributed by atoms with E-state index in [1.807, 2.05) is 12.1 Å². The molecule has 0 saturated carbocycles. The fourth-order valence-corrected chi connectivity index (χ4v) is 2.48. The fraction of sp³-hybridized carbons (Fsp3) is 0.200. The number of amides is 1. The van der Waals surface area contributed by atoms with Crippen LogP contribution in [0.2, 0.25) is 0 Å². The van der Waals surface area contributed by atoms with Gasteiger partial charge in [0, 0.05) is 12.1 Å². The lowest BCUT2D eigenvalue weighted by atomic mass is 10.1. The average Bonchev–Trinajstić information content (AvgIpc) is 3.04. The quantitative estimate of drug-likeness (QED) is 0.893. The van der Waals surface area contributed by atoms with Gasteiger partial charge in [-0.15, -0.1) is 0 Å². The molecular formula is C15H13NO4. The van der Waals surface area contributed by atoms with Gasteiger partial charge in [0.25, 0.3) is 5.91 Å². The van der Waals surface area contributed by atoms with Crippen LogP contribution in [-0.2, 0) is 12.8 Å². The Hall–Kier alpha value is -2.56. The van der Waals surface area contributed by atoms with Crippen molar-refractivity contribution >= 4 is 11.9 Å². The lowest BCUT2D eigenvalue weighted by molar-refractivity contribution is 0.0695. The van der Waals surface area contributed by atoms with Gasteiger partial charge in [-0.25, -0.2) is 4.79 Å². The van der Waals surface area contributed by atoms with E-state index in [0.717, 1.165) is 19.1 Å². The van der Waals surface area contributed by atoms with Gasteiger partial charge >= 0.3 is 5.97 Å². The Morgan fingerprint density at radius 2 is 1.85 bits per heavy atom. The van der Waals surface area contributed by atoms with E-state index in [9.17, 15) is 9.59 Å². The summed E-state index contributed by atoms with van der Waals surface area (Å²) in [6.45, 7) is 0. The van der Waals surface area contributed by atoms with Crippen molar-refractivity contribution in [3.63, 3.8) is 0 Å². The van der Waals surface area contributed by atoms with Gasteiger partial charge in [0.1, 0.15) is 6.26 Å². The summed E-state index contributed by atoms with van der Waals surface area (Å²) < 4.78 is 4.98. The second-order valence-electron chi connectivity index (χ2n) is 4.85. The molecule has 0 aliphatic heterocycles. The molecule has 3 rings (SSSR count). The lowest BCUT2D eigenvalue weighted by Crippen LogP contribution is -2.35. The van der Waals surface area contributed by atoms with Gasteiger partial charge in [-0.3, -0.25) is 4.79 Å². The number of carboxylic acids is 1. The summed E-state index contributed by atoms with van der Waals surface area (Å²) in [4.78, 5) is 22.7. The van der Waals surface area contributed by atoms with Gasteiger partial charge in [-0.2, -0.15) is 0 Å². The van der Waals surface area contributed by atoms with E-state index in [2.05, 4.69) is 17.4 Å². The molecule has 1 heterocycles. The Balaban J connectivity index is 1.67. The molecule has 102 valence electrons. The maximum atomic E-state index is 12.0. The molecule has 0 bridgehead atoms. The monoisotopic (exact) mass is 271 g/mol. The highest BCUT2D eigenvalue weighted by Crippen LogP contribution is 2.22. The van der Waals surface area contributed by atoms with E-state index in [1.165, 1.54) is 17.2 Å². The zero-order valence-corrected chi connectivity index (χ0v) is 10.6. The third kappa shape index (κ3) is 2.30. The third-order valence-corrected chi connectivity index (χ3v) is 3.46. The molecule has 0 atom stereocenters. The van der Waals surface area contributed by atoms with Crippen molar-refractivity contribution < 1.29 is 19.1 Å². The Labute approximate surface area is 115 Å². The number of hydrogen-bond donors (Lipinski definition) is 2. The van der Waals surface area contributed by atoms with Crippen molar-refractivity contribution in [2.75, 3.05) is 0 Å². The molecule has 1 aromatic carbocycles. The second-order valence-corrected chi connectivity index (χ2v) is 4.85. The number of rotatable bonds is 3. The number of nitrogens with one attached hydrogen (secondary N) is 1. The van der Waals surface area contributed by atoms with Gasteiger partial charge in [0.05, 0.1) is 5.56 Å². The zero-order valence-electron chi connectivity index (χ0n) is 10.6. The first-order chi connectivity index (χ1) is 9.63. The van der Waals surface area contributed by atoms with Gasteiger partial charge in [-0.05, 0) is 24.0 Å². The predicted molar refractivity (Wildman–Crippen MR) is 70.8 cm³/mol.